The van der Waals surface area contributed by atoms with Crippen LogP contribution in [0.4, 0.5) is 4.39 Å². The third kappa shape index (κ3) is 3.12. The van der Waals surface area contributed by atoms with Gasteiger partial charge in [-0.05, 0) is 47.0 Å². The molecule has 1 aromatic rings. The number of nitrogens with zero attached hydrogens (tertiary/aromatic N) is 1. The van der Waals surface area contributed by atoms with Gasteiger partial charge in [-0.15, -0.1) is 0 Å². The Kier molecular flexibility index (Phi) is 4.19. The Bertz CT molecular complexity index is 513. The van der Waals surface area contributed by atoms with Crippen molar-refractivity contribution in [1.29, 1.82) is 0 Å². The van der Waals surface area contributed by atoms with E-state index >= 15 is 0 Å². The highest BCUT2D eigenvalue weighted by molar-refractivity contribution is 9.10. The fraction of sp³-hybridized carbons (Fsp3) is 0.385. The average molecular weight is 330 g/mol. The molecular formula is C13H13BrFNO3. The zero-order chi connectivity index (χ0) is 14.0. The number of carbonyl (C=O) groups is 2. The highest BCUT2D eigenvalue weighted by atomic mass is 79.9. The van der Waals surface area contributed by atoms with E-state index in [4.69, 9.17) is 5.11 Å². The molecule has 0 aliphatic carbocycles. The monoisotopic (exact) mass is 329 g/mol. The molecule has 0 spiro atoms. The predicted octanol–water partition coefficient (Wildman–Crippen LogP) is 2.53. The fourth-order valence-corrected chi connectivity index (χ4v) is 2.39. The fourth-order valence-electron chi connectivity index (χ4n) is 2.14. The second-order valence-corrected chi connectivity index (χ2v) is 5.39. The first-order chi connectivity index (χ1) is 8.99. The van der Waals surface area contributed by atoms with E-state index in [0.717, 1.165) is 0 Å². The molecule has 0 saturated carbocycles. The molecule has 0 bridgehead atoms. The number of halogens is 2. The van der Waals surface area contributed by atoms with Crippen molar-refractivity contribution in [2.24, 2.45) is 5.92 Å². The maximum Gasteiger partial charge on any atom is 0.306 e. The maximum atomic E-state index is 13.4. The van der Waals surface area contributed by atoms with E-state index in [1.165, 1.54) is 12.1 Å². The van der Waals surface area contributed by atoms with Crippen LogP contribution in [-0.4, -0.2) is 35.0 Å². The number of likely N-dealkylation sites (tertiary alicyclic amines) is 1. The van der Waals surface area contributed by atoms with Crippen LogP contribution in [0.2, 0.25) is 0 Å². The summed E-state index contributed by atoms with van der Waals surface area (Å²) in [6.07, 6.45) is 0.889. The number of amides is 1. The van der Waals surface area contributed by atoms with E-state index < -0.39 is 11.8 Å². The summed E-state index contributed by atoms with van der Waals surface area (Å²) < 4.78 is 13.7. The minimum atomic E-state index is -0.818. The van der Waals surface area contributed by atoms with E-state index in [2.05, 4.69) is 15.9 Å². The lowest BCUT2D eigenvalue weighted by atomic mass is 9.96. The normalized spacial score (nSPS) is 16.4. The number of carboxylic acids is 1. The van der Waals surface area contributed by atoms with E-state index in [0.29, 0.717) is 30.4 Å². The van der Waals surface area contributed by atoms with Crippen molar-refractivity contribution in [1.82, 2.24) is 4.90 Å². The molecule has 2 rings (SSSR count). The van der Waals surface area contributed by atoms with Crippen LogP contribution in [0.3, 0.4) is 0 Å². The molecule has 102 valence electrons. The van der Waals surface area contributed by atoms with Gasteiger partial charge < -0.3 is 10.0 Å². The number of hydrogen-bond acceptors (Lipinski definition) is 2. The van der Waals surface area contributed by atoms with Crippen LogP contribution in [0.1, 0.15) is 23.2 Å². The van der Waals surface area contributed by atoms with E-state index in [9.17, 15) is 14.0 Å². The lowest BCUT2D eigenvalue weighted by Crippen LogP contribution is -2.40. The van der Waals surface area contributed by atoms with Crippen LogP contribution in [0.25, 0.3) is 0 Å². The highest BCUT2D eigenvalue weighted by Gasteiger charge is 2.27. The third-order valence-corrected chi connectivity index (χ3v) is 3.94. The van der Waals surface area contributed by atoms with Crippen molar-refractivity contribution in [3.8, 4) is 0 Å². The Morgan fingerprint density at radius 1 is 1.32 bits per heavy atom. The highest BCUT2D eigenvalue weighted by Crippen LogP contribution is 2.21. The Morgan fingerprint density at radius 2 is 1.95 bits per heavy atom. The van der Waals surface area contributed by atoms with Gasteiger partial charge in [-0.25, -0.2) is 4.39 Å². The van der Waals surface area contributed by atoms with Gasteiger partial charge in [-0.3, -0.25) is 9.59 Å². The summed E-state index contributed by atoms with van der Waals surface area (Å²) in [6.45, 7) is 0.793. The van der Waals surface area contributed by atoms with Gasteiger partial charge >= 0.3 is 5.97 Å². The van der Waals surface area contributed by atoms with Crippen molar-refractivity contribution >= 4 is 27.8 Å². The number of benzene rings is 1. The van der Waals surface area contributed by atoms with Crippen LogP contribution >= 0.6 is 15.9 Å². The number of rotatable bonds is 2. The lowest BCUT2D eigenvalue weighted by Gasteiger charge is -2.30. The number of hydrogen-bond donors (Lipinski definition) is 1. The SMILES string of the molecule is O=C(O)C1CCN(C(=O)c2ccc(Br)c(F)c2)CC1. The molecule has 1 heterocycles. The van der Waals surface area contributed by atoms with Crippen molar-refractivity contribution in [3.05, 3.63) is 34.1 Å². The summed E-state index contributed by atoms with van der Waals surface area (Å²) in [7, 11) is 0. The number of carboxylic acid groups (broad SMARTS) is 1. The number of carbonyl (C=O) groups excluding carboxylic acids is 1. The molecule has 0 atom stereocenters. The van der Waals surface area contributed by atoms with Gasteiger partial charge in [0.05, 0.1) is 10.4 Å². The lowest BCUT2D eigenvalue weighted by molar-refractivity contribution is -0.143. The van der Waals surface area contributed by atoms with E-state index in [-0.39, 0.29) is 17.4 Å². The summed E-state index contributed by atoms with van der Waals surface area (Å²) in [5.41, 5.74) is 0.287. The van der Waals surface area contributed by atoms with E-state index in [1.54, 1.807) is 11.0 Å². The Hall–Kier alpha value is -1.43. The smallest absolute Gasteiger partial charge is 0.306 e. The average Bonchev–Trinajstić information content (AvgIpc) is 2.41. The van der Waals surface area contributed by atoms with Crippen LogP contribution < -0.4 is 0 Å². The standard InChI is InChI=1S/C13H13BrFNO3/c14-10-2-1-9(7-11(10)15)12(17)16-5-3-8(4-6-16)13(18)19/h1-2,7-8H,3-6H2,(H,18,19). The quantitative estimate of drug-likeness (QED) is 0.907. The van der Waals surface area contributed by atoms with Crippen molar-refractivity contribution in [3.63, 3.8) is 0 Å². The molecular weight excluding hydrogens is 317 g/mol. The third-order valence-electron chi connectivity index (χ3n) is 3.30. The molecule has 19 heavy (non-hydrogen) atoms. The van der Waals surface area contributed by atoms with Crippen molar-refractivity contribution in [2.75, 3.05) is 13.1 Å². The largest absolute Gasteiger partial charge is 0.481 e. The zero-order valence-corrected chi connectivity index (χ0v) is 11.7. The molecule has 0 radical (unpaired) electrons. The van der Waals surface area contributed by atoms with Crippen LogP contribution in [0.15, 0.2) is 22.7 Å². The van der Waals surface area contributed by atoms with Gasteiger partial charge in [-0.2, -0.15) is 0 Å². The molecule has 1 amide bonds. The molecule has 1 aliphatic heterocycles. The van der Waals surface area contributed by atoms with Gasteiger partial charge in [0.1, 0.15) is 5.82 Å². The second-order valence-electron chi connectivity index (χ2n) is 4.53. The Balaban J connectivity index is 2.05. The summed E-state index contributed by atoms with van der Waals surface area (Å²) in [6, 6.07) is 4.24. The van der Waals surface area contributed by atoms with Gasteiger partial charge in [0.2, 0.25) is 0 Å². The molecule has 4 nitrogen and oxygen atoms in total. The van der Waals surface area contributed by atoms with Gasteiger partial charge in [0.15, 0.2) is 0 Å². The molecule has 6 heteroatoms. The van der Waals surface area contributed by atoms with Crippen molar-refractivity contribution < 1.29 is 19.1 Å². The van der Waals surface area contributed by atoms with Crippen molar-refractivity contribution in [2.45, 2.75) is 12.8 Å². The summed E-state index contributed by atoms with van der Waals surface area (Å²) in [5, 5.41) is 8.89. The Morgan fingerprint density at radius 3 is 2.47 bits per heavy atom. The first-order valence-electron chi connectivity index (χ1n) is 5.96. The van der Waals surface area contributed by atoms with Crippen LogP contribution in [0.5, 0.6) is 0 Å². The summed E-state index contributed by atoms with van der Waals surface area (Å²) in [5.74, 6) is -1.94. The maximum absolute atomic E-state index is 13.4. The topological polar surface area (TPSA) is 57.6 Å². The minimum Gasteiger partial charge on any atom is -0.481 e. The Labute approximate surface area is 118 Å². The summed E-state index contributed by atoms with van der Waals surface area (Å²) in [4.78, 5) is 24.5. The molecule has 0 aromatic heterocycles. The van der Waals surface area contributed by atoms with Gasteiger partial charge in [0, 0.05) is 18.7 Å². The number of aliphatic carboxylic acids is 1. The zero-order valence-electron chi connectivity index (χ0n) is 10.1. The van der Waals surface area contributed by atoms with E-state index in [1.807, 2.05) is 0 Å². The van der Waals surface area contributed by atoms with Gasteiger partial charge in [0.25, 0.3) is 5.91 Å². The second kappa shape index (κ2) is 5.69. The molecule has 1 fully saturated rings. The minimum absolute atomic E-state index is 0.254. The molecule has 1 aromatic carbocycles. The number of piperidine rings is 1. The first-order valence-corrected chi connectivity index (χ1v) is 6.75. The summed E-state index contributed by atoms with van der Waals surface area (Å²) >= 11 is 3.03. The molecule has 0 unspecified atom stereocenters. The molecule has 1 aliphatic rings. The van der Waals surface area contributed by atoms with Gasteiger partial charge in [-0.1, -0.05) is 0 Å². The molecule has 1 saturated heterocycles. The first kappa shape index (κ1) is 14.0. The van der Waals surface area contributed by atoms with Crippen LogP contribution in [-0.2, 0) is 4.79 Å². The molecule has 1 N–H and O–H groups in total. The predicted molar refractivity (Wildman–Crippen MR) is 70.4 cm³/mol. The van der Waals surface area contributed by atoms with Crippen LogP contribution in [0, 0.1) is 11.7 Å².